The third-order valence-corrected chi connectivity index (χ3v) is 2.76. The van der Waals surface area contributed by atoms with Crippen molar-refractivity contribution >= 4 is 17.5 Å². The van der Waals surface area contributed by atoms with Gasteiger partial charge in [0.05, 0.1) is 12.3 Å². The van der Waals surface area contributed by atoms with E-state index < -0.39 is 0 Å². The van der Waals surface area contributed by atoms with E-state index in [4.69, 9.17) is 4.42 Å². The van der Waals surface area contributed by atoms with Gasteiger partial charge in [-0.15, -0.1) is 0 Å². The van der Waals surface area contributed by atoms with Crippen LogP contribution >= 0.6 is 0 Å². The van der Waals surface area contributed by atoms with Gasteiger partial charge in [0.25, 0.3) is 5.91 Å². The first-order valence-electron chi connectivity index (χ1n) is 6.28. The maximum absolute atomic E-state index is 12.1. The number of hydrogen-bond donors (Lipinski definition) is 2. The number of nitrogens with one attached hydrogen (secondary N) is 2. The molecule has 0 bridgehead atoms. The SMILES string of the molecule is CC(=O)Nc1cccc(C(=O)N[C@@H](C)c2ccco2)c1. The topological polar surface area (TPSA) is 71.3 Å². The molecule has 2 amide bonds. The van der Waals surface area contributed by atoms with E-state index in [-0.39, 0.29) is 17.9 Å². The minimum atomic E-state index is -0.221. The molecule has 0 fully saturated rings. The predicted octanol–water partition coefficient (Wildman–Crippen LogP) is 2.73. The molecule has 5 heteroatoms. The van der Waals surface area contributed by atoms with Gasteiger partial charge in [0.15, 0.2) is 0 Å². The Morgan fingerprint density at radius 1 is 1.20 bits per heavy atom. The number of anilines is 1. The Labute approximate surface area is 117 Å². The van der Waals surface area contributed by atoms with Crippen LogP contribution in [0.2, 0.25) is 0 Å². The number of carbonyl (C=O) groups is 2. The van der Waals surface area contributed by atoms with Crippen LogP contribution in [-0.4, -0.2) is 11.8 Å². The van der Waals surface area contributed by atoms with Crippen molar-refractivity contribution in [1.29, 1.82) is 0 Å². The number of hydrogen-bond acceptors (Lipinski definition) is 3. The molecule has 1 heterocycles. The van der Waals surface area contributed by atoms with E-state index in [1.807, 2.05) is 6.92 Å². The zero-order valence-corrected chi connectivity index (χ0v) is 11.3. The number of rotatable bonds is 4. The van der Waals surface area contributed by atoms with Gasteiger partial charge in [-0.2, -0.15) is 0 Å². The van der Waals surface area contributed by atoms with Crippen molar-refractivity contribution in [3.63, 3.8) is 0 Å². The van der Waals surface area contributed by atoms with Crippen LogP contribution in [0.1, 0.15) is 36.0 Å². The van der Waals surface area contributed by atoms with Gasteiger partial charge in [0.2, 0.25) is 5.91 Å². The lowest BCUT2D eigenvalue weighted by Crippen LogP contribution is -2.26. The fourth-order valence-corrected chi connectivity index (χ4v) is 1.83. The molecule has 0 radical (unpaired) electrons. The van der Waals surface area contributed by atoms with Gasteiger partial charge in [0, 0.05) is 18.2 Å². The summed E-state index contributed by atoms with van der Waals surface area (Å²) in [6.07, 6.45) is 1.56. The van der Waals surface area contributed by atoms with Gasteiger partial charge in [-0.1, -0.05) is 6.07 Å². The maximum atomic E-state index is 12.1. The van der Waals surface area contributed by atoms with Crippen LogP contribution in [0.4, 0.5) is 5.69 Å². The van der Waals surface area contributed by atoms with Crippen LogP contribution in [0.3, 0.4) is 0 Å². The van der Waals surface area contributed by atoms with Crippen molar-refractivity contribution in [2.75, 3.05) is 5.32 Å². The molecule has 1 aromatic heterocycles. The third kappa shape index (κ3) is 3.47. The van der Waals surface area contributed by atoms with Crippen LogP contribution in [0.5, 0.6) is 0 Å². The average molecular weight is 272 g/mol. The molecule has 0 saturated heterocycles. The van der Waals surface area contributed by atoms with Gasteiger partial charge >= 0.3 is 0 Å². The standard InChI is InChI=1S/C15H16N2O3/c1-10(14-7-4-8-20-14)16-15(19)12-5-3-6-13(9-12)17-11(2)18/h3-10H,1-2H3,(H,16,19)(H,17,18)/t10-/m0/s1. The largest absolute Gasteiger partial charge is 0.467 e. The second kappa shape index (κ2) is 6.06. The lowest BCUT2D eigenvalue weighted by molar-refractivity contribution is -0.114. The number of benzene rings is 1. The highest BCUT2D eigenvalue weighted by Gasteiger charge is 2.13. The molecule has 0 aliphatic carbocycles. The van der Waals surface area contributed by atoms with E-state index in [1.54, 1.807) is 42.7 Å². The summed E-state index contributed by atoms with van der Waals surface area (Å²) in [5, 5.41) is 5.48. The first-order chi connectivity index (χ1) is 9.56. The monoisotopic (exact) mass is 272 g/mol. The molecule has 0 spiro atoms. The smallest absolute Gasteiger partial charge is 0.251 e. The van der Waals surface area contributed by atoms with Gasteiger partial charge in [-0.25, -0.2) is 0 Å². The van der Waals surface area contributed by atoms with Crippen LogP contribution in [0, 0.1) is 0 Å². The number of furan rings is 1. The van der Waals surface area contributed by atoms with Crippen molar-refractivity contribution in [2.24, 2.45) is 0 Å². The molecule has 20 heavy (non-hydrogen) atoms. The zero-order chi connectivity index (χ0) is 14.5. The van der Waals surface area contributed by atoms with Crippen LogP contribution < -0.4 is 10.6 Å². The van der Waals surface area contributed by atoms with Gasteiger partial charge < -0.3 is 15.1 Å². The highest BCUT2D eigenvalue weighted by atomic mass is 16.3. The Kier molecular flexibility index (Phi) is 4.20. The molecule has 0 aliphatic heterocycles. The van der Waals surface area contributed by atoms with Crippen LogP contribution in [-0.2, 0) is 4.79 Å². The van der Waals surface area contributed by atoms with Crippen LogP contribution in [0.15, 0.2) is 47.1 Å². The molecule has 2 rings (SSSR count). The normalized spacial score (nSPS) is 11.7. The first kappa shape index (κ1) is 13.9. The summed E-state index contributed by atoms with van der Waals surface area (Å²) in [6, 6.07) is 10.1. The van der Waals surface area contributed by atoms with E-state index in [9.17, 15) is 9.59 Å². The molecular formula is C15H16N2O3. The summed E-state index contributed by atoms with van der Waals surface area (Å²) in [5.41, 5.74) is 1.07. The summed E-state index contributed by atoms with van der Waals surface area (Å²) in [6.45, 7) is 3.26. The Hall–Kier alpha value is -2.56. The zero-order valence-electron chi connectivity index (χ0n) is 11.3. The van der Waals surface area contributed by atoms with Crippen molar-refractivity contribution in [3.8, 4) is 0 Å². The molecule has 104 valence electrons. The quantitative estimate of drug-likeness (QED) is 0.899. The number of amides is 2. The van der Waals surface area contributed by atoms with Gasteiger partial charge in [0.1, 0.15) is 5.76 Å². The third-order valence-electron chi connectivity index (χ3n) is 2.76. The molecule has 1 aromatic carbocycles. The highest BCUT2D eigenvalue weighted by molar-refractivity contribution is 5.96. The highest BCUT2D eigenvalue weighted by Crippen LogP contribution is 2.15. The molecule has 0 unspecified atom stereocenters. The maximum Gasteiger partial charge on any atom is 0.251 e. The number of carbonyl (C=O) groups excluding carboxylic acids is 2. The minimum absolute atomic E-state index is 0.175. The lowest BCUT2D eigenvalue weighted by Gasteiger charge is -2.12. The summed E-state index contributed by atoms with van der Waals surface area (Å²) in [7, 11) is 0. The lowest BCUT2D eigenvalue weighted by atomic mass is 10.1. The van der Waals surface area contributed by atoms with Crippen molar-refractivity contribution in [2.45, 2.75) is 19.9 Å². The summed E-state index contributed by atoms with van der Waals surface area (Å²) in [5.74, 6) is 0.295. The second-order valence-corrected chi connectivity index (χ2v) is 4.47. The Morgan fingerprint density at radius 3 is 2.65 bits per heavy atom. The molecule has 0 saturated carbocycles. The summed E-state index contributed by atoms with van der Waals surface area (Å²) in [4.78, 5) is 23.1. The predicted molar refractivity (Wildman–Crippen MR) is 75.3 cm³/mol. The molecule has 2 N–H and O–H groups in total. The van der Waals surface area contributed by atoms with E-state index in [2.05, 4.69) is 10.6 Å². The van der Waals surface area contributed by atoms with E-state index >= 15 is 0 Å². The summed E-state index contributed by atoms with van der Waals surface area (Å²) >= 11 is 0. The molecule has 5 nitrogen and oxygen atoms in total. The molecule has 0 aliphatic rings. The van der Waals surface area contributed by atoms with E-state index in [1.165, 1.54) is 6.92 Å². The Balaban J connectivity index is 2.07. The van der Waals surface area contributed by atoms with Crippen molar-refractivity contribution in [3.05, 3.63) is 54.0 Å². The Morgan fingerprint density at radius 2 is 2.00 bits per heavy atom. The molecular weight excluding hydrogens is 256 g/mol. The Bertz CT molecular complexity index is 605. The van der Waals surface area contributed by atoms with Crippen molar-refractivity contribution < 1.29 is 14.0 Å². The molecule has 2 aromatic rings. The van der Waals surface area contributed by atoms with Crippen LogP contribution in [0.25, 0.3) is 0 Å². The first-order valence-corrected chi connectivity index (χ1v) is 6.28. The second-order valence-electron chi connectivity index (χ2n) is 4.47. The van der Waals surface area contributed by atoms with E-state index in [0.717, 1.165) is 0 Å². The van der Waals surface area contributed by atoms with Gasteiger partial charge in [-0.05, 0) is 37.3 Å². The molecule has 1 atom stereocenters. The average Bonchev–Trinajstić information content (AvgIpc) is 2.92. The fourth-order valence-electron chi connectivity index (χ4n) is 1.83. The summed E-state index contributed by atoms with van der Waals surface area (Å²) < 4.78 is 5.24. The fraction of sp³-hybridized carbons (Fsp3) is 0.200. The van der Waals surface area contributed by atoms with Crippen molar-refractivity contribution in [1.82, 2.24) is 5.32 Å². The van der Waals surface area contributed by atoms with Gasteiger partial charge in [-0.3, -0.25) is 9.59 Å². The van der Waals surface area contributed by atoms with E-state index in [0.29, 0.717) is 17.0 Å². The minimum Gasteiger partial charge on any atom is -0.467 e.